The third-order valence-corrected chi connectivity index (χ3v) is 15.8. The number of nitrogens with two attached hydrogens (primary N) is 1. The minimum atomic E-state index is -4.71. The highest BCUT2D eigenvalue weighted by atomic mass is 35.5. The molecule has 1 fully saturated rings. The van der Waals surface area contributed by atoms with Gasteiger partial charge in [-0.05, 0) is 80.3 Å². The van der Waals surface area contributed by atoms with Crippen LogP contribution in [0.2, 0.25) is 0 Å². The van der Waals surface area contributed by atoms with E-state index in [1.807, 2.05) is 30.5 Å². The molecule has 0 saturated heterocycles. The van der Waals surface area contributed by atoms with Crippen LogP contribution in [0.5, 0.6) is 5.75 Å². The van der Waals surface area contributed by atoms with Crippen LogP contribution in [-0.2, 0) is 59.1 Å². The smallest absolute Gasteiger partial charge is 0.416 e. The molecular weight excluding hydrogens is 1130 g/mol. The average molecular weight is 1200 g/mol. The topological polar surface area (TPSA) is 267 Å². The zero-order valence-electron chi connectivity index (χ0n) is 45.2. The summed E-state index contributed by atoms with van der Waals surface area (Å²) in [7, 11) is -5.51. The quantitative estimate of drug-likeness (QED) is 0.0276. The molecule has 0 bridgehead atoms. The molecular formula is C53H63ClF4N7O12PS2. The molecule has 3 unspecified atom stereocenters. The van der Waals surface area contributed by atoms with Crippen LogP contribution in [0.1, 0.15) is 97.1 Å². The zero-order chi connectivity index (χ0) is 59.7. The molecule has 2 aliphatic heterocycles. The molecule has 0 radical (unpaired) electrons. The van der Waals surface area contributed by atoms with Crippen LogP contribution in [0, 0.1) is 30.5 Å². The molecule has 3 atom stereocenters. The summed E-state index contributed by atoms with van der Waals surface area (Å²) in [5, 5.41) is 11.8. The van der Waals surface area contributed by atoms with E-state index in [9.17, 15) is 49.7 Å². The van der Waals surface area contributed by atoms with Gasteiger partial charge in [-0.1, -0.05) is 50.0 Å². The predicted molar refractivity (Wildman–Crippen MR) is 293 cm³/mol. The number of rotatable bonds is 16. The molecule has 2 amide bonds. The number of carboxylic acid groups (broad SMARTS) is 1. The highest BCUT2D eigenvalue weighted by Gasteiger charge is 2.37. The summed E-state index contributed by atoms with van der Waals surface area (Å²) in [4.78, 5) is 63.4. The van der Waals surface area contributed by atoms with E-state index in [1.54, 1.807) is 12.0 Å². The second-order valence-corrected chi connectivity index (χ2v) is 25.5. The molecule has 3 aliphatic rings. The second-order valence-electron chi connectivity index (χ2n) is 20.0. The van der Waals surface area contributed by atoms with E-state index in [-0.39, 0.29) is 77.6 Å². The number of aryl methyl sites for hydroxylation is 2. The van der Waals surface area contributed by atoms with Crippen LogP contribution >= 0.6 is 30.5 Å². The molecule has 2 aromatic heterocycles. The van der Waals surface area contributed by atoms with Gasteiger partial charge in [0, 0.05) is 68.2 Å². The number of carboxylic acids is 1. The second kappa shape index (κ2) is 27.0. The molecule has 27 heteroatoms. The Morgan fingerprint density at radius 3 is 2.42 bits per heavy atom. The van der Waals surface area contributed by atoms with Crippen molar-refractivity contribution in [3.8, 4) is 18.1 Å². The highest BCUT2D eigenvalue weighted by molar-refractivity contribution is 7.90. The molecule has 5 aromatic rings. The van der Waals surface area contributed by atoms with Gasteiger partial charge in [0.25, 0.3) is 5.91 Å². The van der Waals surface area contributed by atoms with Gasteiger partial charge in [0.05, 0.1) is 52.8 Å². The fraction of sp³-hybridized carbons (Fsp3) is 0.453. The number of ketones is 1. The molecule has 80 heavy (non-hydrogen) atoms. The zero-order valence-corrected chi connectivity index (χ0v) is 48.5. The molecule has 19 nitrogen and oxygen atoms in total. The van der Waals surface area contributed by atoms with E-state index in [0.717, 1.165) is 67.2 Å². The van der Waals surface area contributed by atoms with E-state index >= 15 is 0 Å². The summed E-state index contributed by atoms with van der Waals surface area (Å²) in [6.45, 7) is 12.8. The van der Waals surface area contributed by atoms with Gasteiger partial charge in [-0.2, -0.15) is 17.5 Å². The molecule has 434 valence electrons. The number of amides is 2. The average Bonchev–Trinajstić information content (AvgIpc) is 3.87. The molecule has 4 heterocycles. The Labute approximate surface area is 469 Å². The van der Waals surface area contributed by atoms with Crippen molar-refractivity contribution in [1.82, 2.24) is 14.1 Å². The van der Waals surface area contributed by atoms with Crippen molar-refractivity contribution < 1.29 is 73.7 Å². The number of carbonyl (C=O) groups excluding carboxylic acids is 3. The first-order valence-corrected chi connectivity index (χ1v) is 30.3. The Hall–Kier alpha value is -6.26. The number of sulfone groups is 1. The van der Waals surface area contributed by atoms with Gasteiger partial charge in [0.1, 0.15) is 29.2 Å². The number of hydrogen-bond donors (Lipinski definition) is 3. The lowest BCUT2D eigenvalue weighted by Crippen LogP contribution is -2.43. The standard InChI is InChI=1S/C18H17FN4O2S.C15H22ClNO2.C15H12F3NO4S.C5H12NO4P/c1-4-5-22-13-7-12(11(19)6-14(13)25-9-16(22)24)20-17-23-10-18(2,3)8-15(23)21-26-17;1-5-13-8-6-7-11(2)15(13)17(14(18)9-16)12(3)10-19-4;1-24(21,22)12-6-9(15(16,17)18)4-5-10(12)13(20)11-7-19-23-14(11)8-2-3-8;1-11(9,10)3-2-4(6)5(7)8/h1,6-7H,5,8-10H2,2-3H3;6-8,12H,5,9-10H2,1-4H3;4-8H,2-3H2,1H3;4H,2-3,6H2,1H3,(H,7,8)(H,9,10)/b20-17-;;;. The highest BCUT2D eigenvalue weighted by Crippen LogP contribution is 2.43. The number of ether oxygens (including phenoxy) is 2. The predicted octanol–water partition coefficient (Wildman–Crippen LogP) is 8.32. The van der Waals surface area contributed by atoms with Gasteiger partial charge in [-0.25, -0.2) is 17.8 Å². The Morgan fingerprint density at radius 2 is 1.85 bits per heavy atom. The van der Waals surface area contributed by atoms with Crippen LogP contribution in [0.4, 0.5) is 34.6 Å². The normalized spacial score (nSPS) is 16.1. The maximum atomic E-state index is 14.5. The van der Waals surface area contributed by atoms with Gasteiger partial charge >= 0.3 is 12.1 Å². The summed E-state index contributed by atoms with van der Waals surface area (Å²) < 4.78 is 109. The van der Waals surface area contributed by atoms with Gasteiger partial charge in [-0.3, -0.25) is 28.6 Å². The van der Waals surface area contributed by atoms with E-state index in [4.69, 9.17) is 47.8 Å². The lowest BCUT2D eigenvalue weighted by molar-refractivity contribution is -0.139. The van der Waals surface area contributed by atoms with Crippen molar-refractivity contribution in [3.05, 3.63) is 105 Å². The number of hydrogen-bond acceptors (Lipinski definition) is 15. The number of terminal acetylenes is 1. The fourth-order valence-corrected chi connectivity index (χ4v) is 11.0. The van der Waals surface area contributed by atoms with Crippen molar-refractivity contribution in [2.45, 2.75) is 102 Å². The first kappa shape index (κ1) is 64.6. The molecule has 8 rings (SSSR count). The van der Waals surface area contributed by atoms with E-state index < -0.39 is 57.5 Å². The third-order valence-electron chi connectivity index (χ3n) is 12.5. The van der Waals surface area contributed by atoms with Gasteiger partial charge in [-0.15, -0.1) is 18.0 Å². The van der Waals surface area contributed by atoms with Crippen molar-refractivity contribution in [1.29, 1.82) is 0 Å². The van der Waals surface area contributed by atoms with Crippen molar-refractivity contribution in [2.75, 3.05) is 61.6 Å². The number of para-hydroxylation sites is 1. The van der Waals surface area contributed by atoms with Crippen LogP contribution in [0.3, 0.4) is 0 Å². The Bertz CT molecular complexity index is 3370. The lowest BCUT2D eigenvalue weighted by atomic mass is 9.92. The third kappa shape index (κ3) is 16.9. The number of nitrogens with zero attached hydrogens (tertiary/aromatic N) is 6. The van der Waals surface area contributed by atoms with Crippen molar-refractivity contribution in [2.24, 2.45) is 16.1 Å². The SMILES string of the molecule is C#CCN1C(=O)COc2cc(F)c(/N=c3\snc4n3CC(C)(C)C4)cc21.CCc1cccc(C)c1N(C(=O)CCl)C(C)COC.CP(=O)(O)CCC(N)C(=O)O.CS(=O)(=O)c1cc(C(F)(F)F)ccc1C(=O)c1cnoc1C1CC1. The number of carbonyl (C=O) groups is 4. The van der Waals surface area contributed by atoms with Crippen molar-refractivity contribution >= 4 is 81.0 Å². The summed E-state index contributed by atoms with van der Waals surface area (Å²) >= 11 is 7.00. The molecule has 0 spiro atoms. The number of fused-ring (bicyclic) bond motifs is 2. The molecule has 1 saturated carbocycles. The number of methoxy groups -OCH3 is 1. The number of benzene rings is 3. The van der Waals surface area contributed by atoms with Gasteiger partial charge in [0.2, 0.25) is 10.7 Å². The summed E-state index contributed by atoms with van der Waals surface area (Å²) in [6.07, 6.45) is 5.95. The molecule has 1 aliphatic carbocycles. The Balaban J connectivity index is 0.000000204. The Morgan fingerprint density at radius 1 is 1.16 bits per heavy atom. The van der Waals surface area contributed by atoms with E-state index in [0.29, 0.717) is 40.7 Å². The van der Waals surface area contributed by atoms with Crippen LogP contribution < -0.4 is 25.1 Å². The number of halogens is 5. The van der Waals surface area contributed by atoms with Gasteiger partial charge < -0.3 is 39.2 Å². The fourth-order valence-electron chi connectivity index (χ4n) is 8.47. The van der Waals surface area contributed by atoms with Crippen LogP contribution in [0.15, 0.2) is 69.1 Å². The first-order chi connectivity index (χ1) is 37.4. The van der Waals surface area contributed by atoms with E-state index in [2.05, 4.69) is 47.3 Å². The number of aromatic nitrogens is 3. The maximum absolute atomic E-state index is 14.5. The van der Waals surface area contributed by atoms with Gasteiger partial charge in [0.15, 0.2) is 41.2 Å². The van der Waals surface area contributed by atoms with Crippen molar-refractivity contribution in [3.63, 3.8) is 0 Å². The summed E-state index contributed by atoms with van der Waals surface area (Å²) in [5.74, 6) is 1.35. The number of anilines is 2. The molecule has 4 N–H and O–H groups in total. The number of alkyl halides is 4. The van der Waals surface area contributed by atoms with Crippen LogP contribution in [-0.4, -0.2) is 120 Å². The summed E-state index contributed by atoms with van der Waals surface area (Å²) in [5.41, 5.74) is 7.61. The first-order valence-electron chi connectivity index (χ1n) is 24.8. The summed E-state index contributed by atoms with van der Waals surface area (Å²) in [6, 6.07) is 9.81. The Kier molecular flexibility index (Phi) is 21.8. The largest absolute Gasteiger partial charge is 0.481 e. The monoisotopic (exact) mass is 1200 g/mol. The molecule has 3 aromatic carbocycles. The lowest BCUT2D eigenvalue weighted by Gasteiger charge is -2.31. The minimum Gasteiger partial charge on any atom is -0.481 e. The maximum Gasteiger partial charge on any atom is 0.416 e. The van der Waals surface area contributed by atoms with E-state index in [1.165, 1.54) is 41.4 Å². The number of aliphatic carboxylic acids is 1. The van der Waals surface area contributed by atoms with Crippen LogP contribution in [0.25, 0.3) is 0 Å². The minimum absolute atomic E-state index is 0.0223.